The molecule has 3 nitrogen and oxygen atoms in total. The number of rotatable bonds is 2. The molecule has 0 bridgehead atoms. The Hall–Kier alpha value is -6.71. The molecule has 0 amide bonds. The van der Waals surface area contributed by atoms with Gasteiger partial charge in [0.2, 0.25) is 0 Å². The van der Waals surface area contributed by atoms with Crippen molar-refractivity contribution in [2.45, 2.75) is 0 Å². The van der Waals surface area contributed by atoms with Crippen LogP contribution in [0.5, 0.6) is 23.0 Å². The van der Waals surface area contributed by atoms with Crippen molar-refractivity contribution in [2.24, 2.45) is 0 Å². The molecule has 0 radical (unpaired) electrons. The Balaban J connectivity index is 1.03. The SMILES string of the molecule is c1ccc2c(c1)Oc1cc(-c3ccccc3-c3ccc4c(c3)-c3ccccc3B3c5ccccc5-c5ccccc5N34)cc3c1B2c1ccccc1O3. The number of ether oxygens (including phenoxy) is 2. The molecule has 0 saturated heterocycles. The fourth-order valence-corrected chi connectivity index (χ4v) is 9.39. The van der Waals surface area contributed by atoms with Gasteiger partial charge in [-0.2, -0.15) is 0 Å². The van der Waals surface area contributed by atoms with E-state index in [4.69, 9.17) is 9.47 Å². The fourth-order valence-electron chi connectivity index (χ4n) is 9.39. The van der Waals surface area contributed by atoms with Crippen LogP contribution in [0.3, 0.4) is 0 Å². The molecule has 0 spiro atoms. The summed E-state index contributed by atoms with van der Waals surface area (Å²) in [5.41, 5.74) is 18.2. The van der Waals surface area contributed by atoms with Crippen LogP contribution in [0, 0.1) is 0 Å². The first kappa shape index (κ1) is 28.9. The molecular formula is C48H29B2NO2. The standard InChI is InChI=1S/C48H29B2NO2/c1-2-14-33(31-28-46-48-47(29-31)53-45-24-12-9-21-41(45)49(48)40-20-8-11-23-44(40)52-46)32(13-1)30-25-26-43-37(27-30)35-16-4-7-19-39(35)50-38-18-6-3-15-34(38)36-17-5-10-22-42(36)51(43)50/h1-29H. The Kier molecular flexibility index (Phi) is 5.95. The molecule has 4 aliphatic rings. The molecule has 0 atom stereocenters. The lowest BCUT2D eigenvalue weighted by Gasteiger charge is -2.43. The predicted molar refractivity (Wildman–Crippen MR) is 219 cm³/mol. The summed E-state index contributed by atoms with van der Waals surface area (Å²) in [5, 5.41) is 0. The summed E-state index contributed by atoms with van der Waals surface area (Å²) in [6.07, 6.45) is 0. The quantitative estimate of drug-likeness (QED) is 0.172. The van der Waals surface area contributed by atoms with Crippen molar-refractivity contribution < 1.29 is 9.47 Å². The smallest absolute Gasteiger partial charge is 0.329 e. The van der Waals surface area contributed by atoms with Gasteiger partial charge < -0.3 is 14.3 Å². The van der Waals surface area contributed by atoms with Crippen LogP contribution in [0.2, 0.25) is 0 Å². The van der Waals surface area contributed by atoms with Crippen molar-refractivity contribution in [1.29, 1.82) is 0 Å². The molecule has 0 fully saturated rings. The number of para-hydroxylation sites is 3. The maximum atomic E-state index is 6.68. The zero-order valence-corrected chi connectivity index (χ0v) is 28.7. The molecule has 0 aliphatic carbocycles. The van der Waals surface area contributed by atoms with Crippen LogP contribution >= 0.6 is 0 Å². The van der Waals surface area contributed by atoms with E-state index in [1.165, 1.54) is 61.0 Å². The Bertz CT molecular complexity index is 2780. The lowest BCUT2D eigenvalue weighted by molar-refractivity contribution is 0.465. The van der Waals surface area contributed by atoms with Crippen molar-refractivity contribution in [3.8, 4) is 67.5 Å². The summed E-state index contributed by atoms with van der Waals surface area (Å²) in [6.45, 7) is 0.144. The second kappa shape index (κ2) is 10.9. The van der Waals surface area contributed by atoms with E-state index >= 15 is 0 Å². The van der Waals surface area contributed by atoms with E-state index < -0.39 is 0 Å². The van der Waals surface area contributed by atoms with E-state index in [2.05, 4.69) is 169 Å². The van der Waals surface area contributed by atoms with Gasteiger partial charge in [0.15, 0.2) is 0 Å². The van der Waals surface area contributed by atoms with Gasteiger partial charge in [-0.25, -0.2) is 0 Å². The molecular weight excluding hydrogens is 644 g/mol. The third kappa shape index (κ3) is 4.08. The number of hydrogen-bond donors (Lipinski definition) is 0. The molecule has 0 N–H and O–H groups in total. The van der Waals surface area contributed by atoms with Gasteiger partial charge in [0.25, 0.3) is 6.71 Å². The fraction of sp³-hybridized carbons (Fsp3) is 0. The average molecular weight is 673 g/mol. The van der Waals surface area contributed by atoms with E-state index in [1.54, 1.807) is 0 Å². The number of hydrogen-bond acceptors (Lipinski definition) is 3. The van der Waals surface area contributed by atoms with Crippen molar-refractivity contribution in [2.75, 3.05) is 4.81 Å². The van der Waals surface area contributed by atoms with Gasteiger partial charge in [-0.3, -0.25) is 0 Å². The molecule has 8 aromatic carbocycles. The third-order valence-electron chi connectivity index (χ3n) is 11.6. The largest absolute Gasteiger partial charge is 0.458 e. The minimum Gasteiger partial charge on any atom is -0.458 e. The number of fused-ring (bicyclic) bond motifs is 15. The van der Waals surface area contributed by atoms with Gasteiger partial charge in [-0.15, -0.1) is 0 Å². The lowest BCUT2D eigenvalue weighted by Crippen LogP contribution is -2.59. The highest BCUT2D eigenvalue weighted by Gasteiger charge is 2.43. The first-order valence-electron chi connectivity index (χ1n) is 18.3. The van der Waals surface area contributed by atoms with Crippen LogP contribution in [0.4, 0.5) is 11.4 Å². The maximum Gasteiger partial charge on any atom is 0.329 e. The maximum absolute atomic E-state index is 6.68. The molecule has 244 valence electrons. The van der Waals surface area contributed by atoms with E-state index in [1.807, 2.05) is 12.1 Å². The monoisotopic (exact) mass is 673 g/mol. The summed E-state index contributed by atoms with van der Waals surface area (Å²) < 4.78 is 13.4. The van der Waals surface area contributed by atoms with Crippen molar-refractivity contribution in [3.63, 3.8) is 0 Å². The summed E-state index contributed by atoms with van der Waals surface area (Å²) in [5.74, 6) is 3.48. The number of nitrogens with zero attached hydrogens (tertiary/aromatic N) is 1. The average Bonchev–Trinajstić information content (AvgIpc) is 3.23. The molecule has 5 heteroatoms. The number of benzene rings is 8. The molecule has 53 heavy (non-hydrogen) atoms. The molecule has 4 aliphatic heterocycles. The second-order valence-corrected chi connectivity index (χ2v) is 14.3. The lowest BCUT2D eigenvalue weighted by atomic mass is 9.35. The van der Waals surface area contributed by atoms with Crippen LogP contribution in [-0.4, -0.2) is 13.6 Å². The van der Waals surface area contributed by atoms with Gasteiger partial charge in [0, 0.05) is 28.0 Å². The highest BCUT2D eigenvalue weighted by molar-refractivity contribution is 6.98. The van der Waals surface area contributed by atoms with Gasteiger partial charge in [-0.05, 0) is 97.7 Å². The van der Waals surface area contributed by atoms with E-state index in [0.29, 0.717) is 0 Å². The molecule has 0 aromatic heterocycles. The normalized spacial score (nSPS) is 13.5. The van der Waals surface area contributed by atoms with Crippen LogP contribution in [0.1, 0.15) is 0 Å². The summed E-state index contributed by atoms with van der Waals surface area (Å²) in [4.78, 5) is 2.56. The van der Waals surface area contributed by atoms with E-state index in [0.717, 1.165) is 45.2 Å². The Morgan fingerprint density at radius 3 is 1.45 bits per heavy atom. The molecule has 4 heterocycles. The minimum atomic E-state index is 0.0515. The van der Waals surface area contributed by atoms with Crippen LogP contribution < -0.4 is 41.6 Å². The van der Waals surface area contributed by atoms with Crippen molar-refractivity contribution >= 4 is 52.2 Å². The molecule has 0 saturated carbocycles. The van der Waals surface area contributed by atoms with Crippen molar-refractivity contribution in [1.82, 2.24) is 0 Å². The Morgan fingerprint density at radius 1 is 0.340 bits per heavy atom. The van der Waals surface area contributed by atoms with E-state index in [-0.39, 0.29) is 13.6 Å². The first-order valence-corrected chi connectivity index (χ1v) is 18.3. The van der Waals surface area contributed by atoms with Crippen LogP contribution in [0.15, 0.2) is 176 Å². The van der Waals surface area contributed by atoms with Gasteiger partial charge in [-0.1, -0.05) is 133 Å². The van der Waals surface area contributed by atoms with E-state index in [9.17, 15) is 0 Å². The highest BCUT2D eigenvalue weighted by Crippen LogP contribution is 2.48. The Morgan fingerprint density at radius 2 is 0.811 bits per heavy atom. The Labute approximate surface area is 308 Å². The third-order valence-corrected chi connectivity index (χ3v) is 11.6. The molecule has 8 aromatic rings. The van der Waals surface area contributed by atoms with Gasteiger partial charge in [0.1, 0.15) is 23.0 Å². The summed E-state index contributed by atoms with van der Waals surface area (Å²) >= 11 is 0. The number of anilines is 2. The van der Waals surface area contributed by atoms with Gasteiger partial charge in [0.05, 0.1) is 0 Å². The van der Waals surface area contributed by atoms with Crippen LogP contribution in [0.25, 0.3) is 44.5 Å². The molecule has 12 rings (SSSR count). The molecule has 0 unspecified atom stereocenters. The predicted octanol–water partition coefficient (Wildman–Crippen LogP) is 8.65. The summed E-state index contributed by atoms with van der Waals surface area (Å²) in [6, 6.07) is 63.6. The summed E-state index contributed by atoms with van der Waals surface area (Å²) in [7, 11) is 0. The van der Waals surface area contributed by atoms with Crippen LogP contribution in [-0.2, 0) is 0 Å². The second-order valence-electron chi connectivity index (χ2n) is 14.3. The topological polar surface area (TPSA) is 21.7 Å². The van der Waals surface area contributed by atoms with Gasteiger partial charge >= 0.3 is 6.85 Å². The first-order chi connectivity index (χ1) is 26.3. The zero-order valence-electron chi connectivity index (χ0n) is 28.7. The highest BCUT2D eigenvalue weighted by atomic mass is 16.5. The zero-order chi connectivity index (χ0) is 34.6. The minimum absolute atomic E-state index is 0.0515. The van der Waals surface area contributed by atoms with Crippen molar-refractivity contribution in [3.05, 3.63) is 176 Å².